The van der Waals surface area contributed by atoms with E-state index in [0.717, 1.165) is 30.9 Å². The zero-order valence-electron chi connectivity index (χ0n) is 18.6. The lowest BCUT2D eigenvalue weighted by atomic mass is 10.0. The molecule has 3 heterocycles. The summed E-state index contributed by atoms with van der Waals surface area (Å²) in [5.74, 6) is 1.03. The summed E-state index contributed by atoms with van der Waals surface area (Å²) in [5, 5.41) is 8.77. The third-order valence-electron chi connectivity index (χ3n) is 6.72. The normalized spacial score (nSPS) is 20.5. The Morgan fingerprint density at radius 3 is 2.45 bits per heavy atom. The maximum absolute atomic E-state index is 12.6. The van der Waals surface area contributed by atoms with Crippen LogP contribution in [0.1, 0.15) is 42.3 Å². The lowest BCUT2D eigenvalue weighted by Crippen LogP contribution is -2.37. The van der Waals surface area contributed by atoms with Gasteiger partial charge in [-0.3, -0.25) is 9.80 Å². The molecule has 3 aromatic rings. The minimum Gasteiger partial charge on any atom is -0.435 e. The van der Waals surface area contributed by atoms with Crippen LogP contribution in [0.25, 0.3) is 0 Å². The number of likely N-dealkylation sites (tertiary alicyclic amines) is 2. The van der Waals surface area contributed by atoms with Crippen LogP contribution in [0.3, 0.4) is 0 Å². The van der Waals surface area contributed by atoms with Crippen LogP contribution in [0.5, 0.6) is 5.75 Å². The maximum atomic E-state index is 12.6. The van der Waals surface area contributed by atoms with E-state index in [1.807, 2.05) is 30.3 Å². The van der Waals surface area contributed by atoms with Crippen LogP contribution in [0.4, 0.5) is 8.78 Å². The number of ether oxygens (including phenoxy) is 1. The van der Waals surface area contributed by atoms with Crippen LogP contribution in [0.2, 0.25) is 0 Å². The van der Waals surface area contributed by atoms with Gasteiger partial charge in [-0.2, -0.15) is 8.78 Å². The summed E-state index contributed by atoms with van der Waals surface area (Å²) >= 11 is 0. The van der Waals surface area contributed by atoms with Gasteiger partial charge in [-0.15, -0.1) is 10.2 Å². The SMILES string of the molecule is FC(F)Oc1ccc(C(c2nncn2Cc2ccccc2)N2CC[C@H](N3CCCC3)C2)cc1. The topological polar surface area (TPSA) is 46.4 Å². The Kier molecular flexibility index (Phi) is 6.64. The average Bonchev–Trinajstić information content (AvgIpc) is 3.58. The van der Waals surface area contributed by atoms with Crippen molar-refractivity contribution in [3.05, 3.63) is 77.9 Å². The predicted octanol–water partition coefficient (Wildman–Crippen LogP) is 4.19. The number of rotatable bonds is 8. The lowest BCUT2D eigenvalue weighted by molar-refractivity contribution is -0.0498. The highest BCUT2D eigenvalue weighted by molar-refractivity contribution is 5.32. The zero-order valence-corrected chi connectivity index (χ0v) is 18.6. The van der Waals surface area contributed by atoms with Crippen LogP contribution in [0.15, 0.2) is 60.9 Å². The number of aromatic nitrogens is 3. The smallest absolute Gasteiger partial charge is 0.387 e. The Morgan fingerprint density at radius 1 is 0.970 bits per heavy atom. The van der Waals surface area contributed by atoms with Gasteiger partial charge in [0.2, 0.25) is 0 Å². The van der Waals surface area contributed by atoms with Crippen molar-refractivity contribution in [3.63, 3.8) is 0 Å². The Labute approximate surface area is 192 Å². The number of hydrogen-bond acceptors (Lipinski definition) is 5. The summed E-state index contributed by atoms with van der Waals surface area (Å²) in [5.41, 5.74) is 2.18. The fourth-order valence-electron chi connectivity index (χ4n) is 5.14. The third-order valence-corrected chi connectivity index (χ3v) is 6.72. The molecule has 8 heteroatoms. The number of nitrogens with zero attached hydrogens (tertiary/aromatic N) is 5. The highest BCUT2D eigenvalue weighted by Gasteiger charge is 2.36. The summed E-state index contributed by atoms with van der Waals surface area (Å²) in [7, 11) is 0. The van der Waals surface area contributed by atoms with Gasteiger partial charge in [0.05, 0.1) is 12.6 Å². The van der Waals surface area contributed by atoms with E-state index >= 15 is 0 Å². The van der Waals surface area contributed by atoms with E-state index in [9.17, 15) is 8.78 Å². The number of hydrogen-bond donors (Lipinski definition) is 0. The van der Waals surface area contributed by atoms with Crippen LogP contribution in [0, 0.1) is 0 Å². The highest BCUT2D eigenvalue weighted by atomic mass is 19.3. The van der Waals surface area contributed by atoms with Gasteiger partial charge in [0, 0.05) is 19.1 Å². The van der Waals surface area contributed by atoms with Crippen LogP contribution in [-0.2, 0) is 6.54 Å². The zero-order chi connectivity index (χ0) is 22.6. The quantitative estimate of drug-likeness (QED) is 0.512. The molecule has 0 bridgehead atoms. The highest BCUT2D eigenvalue weighted by Crippen LogP contribution is 2.34. The first-order valence-electron chi connectivity index (χ1n) is 11.6. The van der Waals surface area contributed by atoms with E-state index in [-0.39, 0.29) is 11.8 Å². The fourth-order valence-corrected chi connectivity index (χ4v) is 5.14. The summed E-state index contributed by atoms with van der Waals surface area (Å²) in [6.45, 7) is 2.10. The molecule has 5 rings (SSSR count). The van der Waals surface area contributed by atoms with Crippen molar-refractivity contribution in [2.24, 2.45) is 0 Å². The van der Waals surface area contributed by atoms with Crippen molar-refractivity contribution in [2.75, 3.05) is 26.2 Å². The molecule has 1 aromatic heterocycles. The van der Waals surface area contributed by atoms with Crippen molar-refractivity contribution in [2.45, 2.75) is 44.5 Å². The molecule has 0 spiro atoms. The summed E-state index contributed by atoms with van der Waals surface area (Å²) in [6.07, 6.45) is 5.45. The van der Waals surface area contributed by atoms with Gasteiger partial charge in [0.1, 0.15) is 12.1 Å². The summed E-state index contributed by atoms with van der Waals surface area (Å²) in [6, 6.07) is 17.6. The van der Waals surface area contributed by atoms with E-state index < -0.39 is 6.61 Å². The van der Waals surface area contributed by atoms with Crippen molar-refractivity contribution in [1.82, 2.24) is 24.6 Å². The molecule has 174 valence electrons. The number of alkyl halides is 2. The van der Waals surface area contributed by atoms with E-state index in [2.05, 4.69) is 41.4 Å². The number of benzene rings is 2. The monoisotopic (exact) mass is 453 g/mol. The first-order chi connectivity index (χ1) is 16.2. The molecule has 0 saturated carbocycles. The van der Waals surface area contributed by atoms with Crippen molar-refractivity contribution >= 4 is 0 Å². The van der Waals surface area contributed by atoms with E-state index in [1.165, 1.54) is 31.5 Å². The minimum atomic E-state index is -2.83. The van der Waals surface area contributed by atoms with Gasteiger partial charge >= 0.3 is 6.61 Å². The minimum absolute atomic E-state index is 0.107. The molecule has 1 unspecified atom stereocenters. The molecular formula is C25H29F2N5O. The third kappa shape index (κ3) is 5.07. The summed E-state index contributed by atoms with van der Waals surface area (Å²) < 4.78 is 31.9. The molecule has 2 aliphatic heterocycles. The van der Waals surface area contributed by atoms with E-state index in [0.29, 0.717) is 12.6 Å². The molecule has 0 N–H and O–H groups in total. The molecule has 2 aromatic carbocycles. The van der Waals surface area contributed by atoms with Crippen LogP contribution < -0.4 is 4.74 Å². The van der Waals surface area contributed by atoms with Gasteiger partial charge < -0.3 is 9.30 Å². The molecule has 6 nitrogen and oxygen atoms in total. The molecule has 2 aliphatic rings. The van der Waals surface area contributed by atoms with Gasteiger partial charge in [0.15, 0.2) is 5.82 Å². The molecule has 0 radical (unpaired) electrons. The second kappa shape index (κ2) is 9.97. The molecule has 2 atom stereocenters. The lowest BCUT2D eigenvalue weighted by Gasteiger charge is -2.29. The molecule has 0 amide bonds. The molecule has 2 fully saturated rings. The van der Waals surface area contributed by atoms with Crippen molar-refractivity contribution in [3.8, 4) is 5.75 Å². The van der Waals surface area contributed by atoms with Gasteiger partial charge in [0.25, 0.3) is 0 Å². The Hall–Kier alpha value is -2.84. The predicted molar refractivity (Wildman–Crippen MR) is 121 cm³/mol. The second-order valence-electron chi connectivity index (χ2n) is 8.83. The largest absolute Gasteiger partial charge is 0.435 e. The van der Waals surface area contributed by atoms with Gasteiger partial charge in [-0.25, -0.2) is 0 Å². The standard InChI is InChI=1S/C25H29F2N5O/c26-25(27)33-22-10-8-20(9-11-22)23(31-15-12-21(17-31)30-13-4-5-14-30)24-29-28-18-32(24)16-19-6-2-1-3-7-19/h1-3,6-11,18,21,23,25H,4-5,12-17H2/t21-,23?/m0/s1. The molecule has 2 saturated heterocycles. The van der Waals surface area contributed by atoms with Crippen molar-refractivity contribution < 1.29 is 13.5 Å². The second-order valence-corrected chi connectivity index (χ2v) is 8.83. The molecule has 0 aliphatic carbocycles. The first-order valence-corrected chi connectivity index (χ1v) is 11.6. The summed E-state index contributed by atoms with van der Waals surface area (Å²) in [4.78, 5) is 5.06. The maximum Gasteiger partial charge on any atom is 0.387 e. The molecular weight excluding hydrogens is 424 g/mol. The van der Waals surface area contributed by atoms with Crippen LogP contribution in [-0.4, -0.2) is 63.4 Å². The first kappa shape index (κ1) is 22.0. The fraction of sp³-hybridized carbons (Fsp3) is 0.440. The Bertz CT molecular complexity index is 1020. The van der Waals surface area contributed by atoms with Gasteiger partial charge in [-0.05, 0) is 55.6 Å². The average molecular weight is 454 g/mol. The Balaban J connectivity index is 1.44. The van der Waals surface area contributed by atoms with Crippen molar-refractivity contribution in [1.29, 1.82) is 0 Å². The molecule has 33 heavy (non-hydrogen) atoms. The number of halogens is 2. The van der Waals surface area contributed by atoms with Gasteiger partial charge in [-0.1, -0.05) is 42.5 Å². The van der Waals surface area contributed by atoms with Crippen LogP contribution >= 0.6 is 0 Å². The Morgan fingerprint density at radius 2 is 1.73 bits per heavy atom. The van der Waals surface area contributed by atoms with E-state index in [4.69, 9.17) is 0 Å². The van der Waals surface area contributed by atoms with E-state index in [1.54, 1.807) is 18.5 Å².